The number of alkyl halides is 4. The van der Waals surface area contributed by atoms with Crippen LogP contribution in [0.2, 0.25) is 0 Å². The summed E-state index contributed by atoms with van der Waals surface area (Å²) in [6.07, 6.45) is -7.22. The lowest BCUT2D eigenvalue weighted by Crippen LogP contribution is -2.42. The molecule has 0 radical (unpaired) electrons. The summed E-state index contributed by atoms with van der Waals surface area (Å²) in [5, 5.41) is 20.9. The molecule has 1 aliphatic rings. The number of hydrogen-bond acceptors (Lipinski definition) is 6. The summed E-state index contributed by atoms with van der Waals surface area (Å²) in [6, 6.07) is 0. The number of ether oxygens (including phenoxy) is 1. The van der Waals surface area contributed by atoms with Gasteiger partial charge in [-0.2, -0.15) is 13.2 Å². The van der Waals surface area contributed by atoms with Gasteiger partial charge >= 0.3 is 17.8 Å². The van der Waals surface area contributed by atoms with Gasteiger partial charge in [0.1, 0.15) is 12.2 Å². The summed E-state index contributed by atoms with van der Waals surface area (Å²) in [4.78, 5) is 37.9. The predicted molar refractivity (Wildman–Crippen MR) is 112 cm³/mol. The van der Waals surface area contributed by atoms with Crippen molar-refractivity contribution in [2.45, 2.75) is 73.8 Å². The molecule has 2 rings (SSSR count). The first-order chi connectivity index (χ1) is 14.2. The van der Waals surface area contributed by atoms with Crippen LogP contribution < -0.4 is 11.2 Å². The zero-order valence-corrected chi connectivity index (χ0v) is 19.3. The average molecular weight is 563 g/mol. The van der Waals surface area contributed by atoms with Crippen molar-refractivity contribution in [3.8, 4) is 0 Å². The predicted octanol–water partition coefficient (Wildman–Crippen LogP) is 1.06. The summed E-state index contributed by atoms with van der Waals surface area (Å²) in [7, 11) is 0.862. The van der Waals surface area contributed by atoms with Gasteiger partial charge in [0.25, 0.3) is 5.56 Å². The highest BCUT2D eigenvalue weighted by molar-refractivity contribution is 14.1. The third-order valence-electron chi connectivity index (χ3n) is 5.48. The first-order valence-corrected chi connectivity index (χ1v) is 10.7. The molecule has 0 spiro atoms. The van der Waals surface area contributed by atoms with Gasteiger partial charge in [0, 0.05) is 16.7 Å². The number of aromatic nitrogens is 2. The van der Waals surface area contributed by atoms with Crippen LogP contribution in [0.25, 0.3) is 0 Å². The van der Waals surface area contributed by atoms with E-state index in [1.807, 2.05) is 18.8 Å². The van der Waals surface area contributed by atoms with Crippen LogP contribution in [0, 0.1) is 0 Å². The summed E-state index contributed by atoms with van der Waals surface area (Å²) >= 11 is 2.26. The second-order valence-electron chi connectivity index (χ2n) is 7.59. The maximum atomic E-state index is 12.6. The van der Waals surface area contributed by atoms with Gasteiger partial charge in [0.05, 0.1) is 18.2 Å². The Bertz CT molecular complexity index is 914. The molecule has 1 aromatic heterocycles. The number of halogens is 4. The average Bonchev–Trinajstić information content (AvgIpc) is 2.96. The third kappa shape index (κ3) is 5.68. The smallest absolute Gasteiger partial charge is 0.388 e. The fourth-order valence-electron chi connectivity index (χ4n) is 3.40. The molecule has 0 bridgehead atoms. The van der Waals surface area contributed by atoms with E-state index in [0.717, 1.165) is 30.7 Å². The Balaban J connectivity index is 2.32. The zero-order valence-electron chi connectivity index (χ0n) is 17.1. The molecule has 0 saturated carbocycles. The fourth-order valence-corrected chi connectivity index (χ4v) is 3.83. The Morgan fingerprint density at radius 3 is 2.35 bits per heavy atom. The lowest BCUT2D eigenvalue weighted by molar-refractivity contribution is -0.184. The number of rotatable bonds is 7. The van der Waals surface area contributed by atoms with Gasteiger partial charge in [0.2, 0.25) is 0 Å². The molecule has 9 nitrogen and oxygen atoms in total. The van der Waals surface area contributed by atoms with E-state index in [1.165, 1.54) is 0 Å². The van der Waals surface area contributed by atoms with Crippen LogP contribution in [0.5, 0.6) is 0 Å². The Hall–Kier alpha value is -1.45. The number of aliphatic hydroxyl groups excluding tert-OH is 2. The Morgan fingerprint density at radius 2 is 1.84 bits per heavy atom. The molecule has 1 aliphatic heterocycles. The summed E-state index contributed by atoms with van der Waals surface area (Å²) < 4.78 is 44.2. The highest BCUT2D eigenvalue weighted by Crippen LogP contribution is 2.39. The van der Waals surface area contributed by atoms with E-state index in [2.05, 4.69) is 22.6 Å². The van der Waals surface area contributed by atoms with E-state index in [0.29, 0.717) is 6.42 Å². The fraction of sp³-hybridized carbons (Fsp3) is 0.722. The van der Waals surface area contributed by atoms with E-state index in [1.54, 1.807) is 0 Å². The van der Waals surface area contributed by atoms with E-state index in [-0.39, 0.29) is 13.9 Å². The van der Waals surface area contributed by atoms with Gasteiger partial charge in [-0.3, -0.25) is 19.1 Å². The van der Waals surface area contributed by atoms with Crippen LogP contribution in [0.15, 0.2) is 15.8 Å². The number of aliphatic hydroxyl groups is 2. The zero-order chi connectivity index (χ0) is 23.7. The van der Waals surface area contributed by atoms with Crippen LogP contribution >= 0.6 is 22.6 Å². The number of carbonyl (C=O) groups excluding carboxylic acids is 1. The molecule has 0 aromatic carbocycles. The monoisotopic (exact) mass is 563 g/mol. The second kappa shape index (κ2) is 9.58. The van der Waals surface area contributed by atoms with Crippen molar-refractivity contribution in [2.24, 2.45) is 0 Å². The minimum Gasteiger partial charge on any atom is -0.388 e. The highest BCUT2D eigenvalue weighted by Gasteiger charge is 2.46. The SMILES string of the molecule is CCC(I)(CC)C[C@H]1OC(n2cc(CN(C)C(=O)C(F)(F)F)c(=O)[nH]c2=O)[C@H](O)[C@@H]1O. The largest absolute Gasteiger partial charge is 0.471 e. The molecular formula is C18H25F3IN3O6. The normalized spacial score (nSPS) is 24.4. The Morgan fingerprint density at radius 1 is 1.26 bits per heavy atom. The minimum absolute atomic E-state index is 0.209. The van der Waals surface area contributed by atoms with Crippen molar-refractivity contribution < 1.29 is 32.9 Å². The van der Waals surface area contributed by atoms with Crippen molar-refractivity contribution in [3.05, 3.63) is 32.6 Å². The highest BCUT2D eigenvalue weighted by atomic mass is 127. The maximum absolute atomic E-state index is 12.6. The number of nitrogens with one attached hydrogen (secondary N) is 1. The maximum Gasteiger partial charge on any atom is 0.471 e. The van der Waals surface area contributed by atoms with Crippen molar-refractivity contribution >= 4 is 28.5 Å². The number of amides is 1. The molecule has 1 fully saturated rings. The summed E-state index contributed by atoms with van der Waals surface area (Å²) in [5.41, 5.74) is -2.27. The van der Waals surface area contributed by atoms with Crippen molar-refractivity contribution in [3.63, 3.8) is 0 Å². The number of carbonyl (C=O) groups is 1. The second-order valence-corrected chi connectivity index (χ2v) is 9.88. The molecular weight excluding hydrogens is 538 g/mol. The lowest BCUT2D eigenvalue weighted by Gasteiger charge is -2.28. The van der Waals surface area contributed by atoms with Gasteiger partial charge in [-0.05, 0) is 19.3 Å². The number of aromatic amines is 1. The van der Waals surface area contributed by atoms with Crippen molar-refractivity contribution in [1.82, 2.24) is 14.5 Å². The molecule has 13 heteroatoms. The van der Waals surface area contributed by atoms with Crippen molar-refractivity contribution in [2.75, 3.05) is 7.05 Å². The standard InChI is InChI=1S/C18H25F3IN3O6/c1-4-17(22,5-2)6-10-11(26)12(27)14(31-10)25-8-9(13(28)23-16(25)30)7-24(3)15(29)18(19,20)21/h8,10-12,14,26-27H,4-7H2,1-3H3,(H,23,28,30)/t10-,11-,12-,14?/m1/s1. The first kappa shape index (κ1) is 25.8. The molecule has 4 atom stereocenters. The molecule has 2 heterocycles. The van der Waals surface area contributed by atoms with E-state index in [9.17, 15) is 37.8 Å². The minimum atomic E-state index is -5.12. The van der Waals surface area contributed by atoms with Gasteiger partial charge in [0.15, 0.2) is 6.23 Å². The van der Waals surface area contributed by atoms with Crippen LogP contribution in [0.1, 0.15) is 44.9 Å². The molecule has 3 N–H and O–H groups in total. The summed E-state index contributed by atoms with van der Waals surface area (Å²) in [6.45, 7) is 3.22. The van der Waals surface area contributed by atoms with Crippen LogP contribution in [-0.2, 0) is 16.1 Å². The lowest BCUT2D eigenvalue weighted by atomic mass is 9.93. The molecule has 1 aromatic rings. The molecule has 176 valence electrons. The molecule has 1 amide bonds. The molecule has 1 unspecified atom stereocenters. The molecule has 1 saturated heterocycles. The van der Waals surface area contributed by atoms with Gasteiger partial charge in [-0.15, -0.1) is 0 Å². The van der Waals surface area contributed by atoms with Gasteiger partial charge in [-0.1, -0.05) is 36.4 Å². The first-order valence-electron chi connectivity index (χ1n) is 9.61. The third-order valence-corrected chi connectivity index (χ3v) is 7.45. The van der Waals surface area contributed by atoms with Gasteiger partial charge < -0.3 is 19.8 Å². The Kier molecular flexibility index (Phi) is 7.98. The Labute approximate surface area is 189 Å². The van der Waals surface area contributed by atoms with Crippen molar-refractivity contribution in [1.29, 1.82) is 0 Å². The topological polar surface area (TPSA) is 125 Å². The summed E-state index contributed by atoms with van der Waals surface area (Å²) in [5.74, 6) is -2.16. The number of nitrogens with zero attached hydrogens (tertiary/aromatic N) is 2. The molecule has 0 aliphatic carbocycles. The van der Waals surface area contributed by atoms with E-state index in [4.69, 9.17) is 4.74 Å². The molecule has 31 heavy (non-hydrogen) atoms. The van der Waals surface area contributed by atoms with Crippen LogP contribution in [0.3, 0.4) is 0 Å². The van der Waals surface area contributed by atoms with Crippen LogP contribution in [0.4, 0.5) is 13.2 Å². The number of hydrogen-bond donors (Lipinski definition) is 3. The van der Waals surface area contributed by atoms with E-state index < -0.39 is 54.4 Å². The van der Waals surface area contributed by atoms with Crippen LogP contribution in [-0.4, -0.2) is 65.5 Å². The number of H-pyrrole nitrogens is 1. The van der Waals surface area contributed by atoms with Gasteiger partial charge in [-0.25, -0.2) is 4.79 Å². The quantitative estimate of drug-likeness (QED) is 0.337. The van der Waals surface area contributed by atoms with E-state index >= 15 is 0 Å².